The molecule has 1 saturated heterocycles. The fraction of sp³-hybridized carbons (Fsp3) is 0.500. The molecule has 0 amide bonds. The molecule has 1 fully saturated rings. The van der Waals surface area contributed by atoms with E-state index in [1.807, 2.05) is 16.8 Å². The minimum Gasteiger partial charge on any atom is -0.493 e. The molecule has 3 rings (SSSR count). The number of morpholine rings is 1. The van der Waals surface area contributed by atoms with Gasteiger partial charge in [-0.05, 0) is 6.07 Å². The van der Waals surface area contributed by atoms with E-state index in [2.05, 4.69) is 4.98 Å². The summed E-state index contributed by atoms with van der Waals surface area (Å²) in [4.78, 5) is 5.70. The first-order chi connectivity index (χ1) is 13.0. The Morgan fingerprint density at radius 2 is 2.19 bits per heavy atom. The lowest BCUT2D eigenvalue weighted by Gasteiger charge is -2.34. The Hall–Kier alpha value is -2.26. The predicted molar refractivity (Wildman–Crippen MR) is 91.8 cm³/mol. The van der Waals surface area contributed by atoms with Gasteiger partial charge in [-0.15, -0.1) is 0 Å². The van der Waals surface area contributed by atoms with Gasteiger partial charge in [0.1, 0.15) is 6.61 Å². The highest BCUT2D eigenvalue weighted by atomic mass is 19.4. The summed E-state index contributed by atoms with van der Waals surface area (Å²) in [6, 6.07) is 5.42. The highest BCUT2D eigenvalue weighted by Gasteiger charge is 2.43. The SMILES string of the molecule is COc1cccc(CN2CCO[C@@H](C(F)(F)F)C2)c1OCCn1ccnc1. The molecule has 1 aromatic heterocycles. The minimum absolute atomic E-state index is 0.0466. The summed E-state index contributed by atoms with van der Waals surface area (Å²) in [5, 5.41) is 0. The predicted octanol–water partition coefficient (Wildman–Crippen LogP) is 2.73. The number of para-hydroxylation sites is 1. The molecule has 0 radical (unpaired) electrons. The van der Waals surface area contributed by atoms with E-state index in [9.17, 15) is 13.2 Å². The lowest BCUT2D eigenvalue weighted by molar-refractivity contribution is -0.237. The molecule has 2 aromatic rings. The van der Waals surface area contributed by atoms with Crippen molar-refractivity contribution in [2.24, 2.45) is 0 Å². The van der Waals surface area contributed by atoms with Crippen molar-refractivity contribution in [3.05, 3.63) is 42.5 Å². The Morgan fingerprint density at radius 1 is 1.33 bits per heavy atom. The van der Waals surface area contributed by atoms with Crippen LogP contribution in [0.4, 0.5) is 13.2 Å². The van der Waals surface area contributed by atoms with Crippen LogP contribution in [0.3, 0.4) is 0 Å². The van der Waals surface area contributed by atoms with Crippen LogP contribution >= 0.6 is 0 Å². The molecular formula is C18H22F3N3O3. The summed E-state index contributed by atoms with van der Waals surface area (Å²) in [5.41, 5.74) is 0.780. The molecule has 1 aromatic carbocycles. The van der Waals surface area contributed by atoms with E-state index in [1.165, 1.54) is 7.11 Å². The third-order valence-electron chi connectivity index (χ3n) is 4.35. The molecule has 2 heterocycles. The average Bonchev–Trinajstić information content (AvgIpc) is 3.16. The summed E-state index contributed by atoms with van der Waals surface area (Å²) >= 11 is 0. The van der Waals surface area contributed by atoms with Crippen LogP contribution in [-0.4, -0.2) is 60.1 Å². The second kappa shape index (κ2) is 8.62. The van der Waals surface area contributed by atoms with E-state index < -0.39 is 12.3 Å². The summed E-state index contributed by atoms with van der Waals surface area (Å²) in [7, 11) is 1.54. The van der Waals surface area contributed by atoms with Crippen molar-refractivity contribution in [2.75, 3.05) is 33.4 Å². The first kappa shape index (κ1) is 19.5. The Bertz CT molecular complexity index is 722. The van der Waals surface area contributed by atoms with Crippen LogP contribution in [0.1, 0.15) is 5.56 Å². The quantitative estimate of drug-likeness (QED) is 0.734. The number of alkyl halides is 3. The van der Waals surface area contributed by atoms with Crippen LogP contribution < -0.4 is 9.47 Å². The van der Waals surface area contributed by atoms with Crippen LogP contribution in [0.2, 0.25) is 0 Å². The molecule has 0 spiro atoms. The number of hydrogen-bond donors (Lipinski definition) is 0. The molecule has 27 heavy (non-hydrogen) atoms. The molecular weight excluding hydrogens is 363 g/mol. The summed E-state index contributed by atoms with van der Waals surface area (Å²) in [5.74, 6) is 1.11. The normalized spacial score (nSPS) is 18.4. The first-order valence-corrected chi connectivity index (χ1v) is 8.62. The van der Waals surface area contributed by atoms with Crippen molar-refractivity contribution in [3.8, 4) is 11.5 Å². The zero-order valence-electron chi connectivity index (χ0n) is 15.0. The van der Waals surface area contributed by atoms with Gasteiger partial charge in [0.05, 0.1) is 26.6 Å². The Kier molecular flexibility index (Phi) is 6.22. The van der Waals surface area contributed by atoms with E-state index in [1.54, 1.807) is 29.6 Å². The van der Waals surface area contributed by atoms with E-state index in [0.717, 1.165) is 5.56 Å². The molecule has 1 aliphatic heterocycles. The smallest absolute Gasteiger partial charge is 0.415 e. The first-order valence-electron chi connectivity index (χ1n) is 8.62. The molecule has 0 N–H and O–H groups in total. The number of rotatable bonds is 7. The molecule has 0 bridgehead atoms. The van der Waals surface area contributed by atoms with Crippen LogP contribution in [0.5, 0.6) is 11.5 Å². The zero-order valence-corrected chi connectivity index (χ0v) is 15.0. The van der Waals surface area contributed by atoms with Gasteiger partial charge in [-0.1, -0.05) is 12.1 Å². The van der Waals surface area contributed by atoms with Gasteiger partial charge in [-0.3, -0.25) is 4.90 Å². The highest BCUT2D eigenvalue weighted by molar-refractivity contribution is 5.46. The van der Waals surface area contributed by atoms with Crippen molar-refractivity contribution in [3.63, 3.8) is 0 Å². The van der Waals surface area contributed by atoms with Gasteiger partial charge in [-0.25, -0.2) is 4.98 Å². The second-order valence-electron chi connectivity index (χ2n) is 6.23. The standard InChI is InChI=1S/C18H22F3N3O3/c1-25-15-4-2-3-14(17(15)27-10-7-23-6-5-22-13-23)11-24-8-9-26-16(12-24)18(19,20)21/h2-6,13,16H,7-12H2,1H3/t16-/m1/s1. The maximum absolute atomic E-state index is 12.9. The Labute approximate surface area is 155 Å². The van der Waals surface area contributed by atoms with Crippen LogP contribution in [-0.2, 0) is 17.8 Å². The van der Waals surface area contributed by atoms with Crippen LogP contribution in [0.25, 0.3) is 0 Å². The molecule has 0 aliphatic carbocycles. The Morgan fingerprint density at radius 3 is 2.89 bits per heavy atom. The minimum atomic E-state index is -4.36. The largest absolute Gasteiger partial charge is 0.493 e. The molecule has 0 unspecified atom stereocenters. The highest BCUT2D eigenvalue weighted by Crippen LogP contribution is 2.33. The Balaban J connectivity index is 1.68. The topological polar surface area (TPSA) is 48.8 Å². The van der Waals surface area contributed by atoms with Crippen molar-refractivity contribution in [1.82, 2.24) is 14.5 Å². The van der Waals surface area contributed by atoms with Gasteiger partial charge in [-0.2, -0.15) is 13.2 Å². The summed E-state index contributed by atoms with van der Waals surface area (Å²) in [6.45, 7) is 1.59. The maximum Gasteiger partial charge on any atom is 0.415 e. The van der Waals surface area contributed by atoms with E-state index >= 15 is 0 Å². The van der Waals surface area contributed by atoms with Crippen molar-refractivity contribution in [2.45, 2.75) is 25.4 Å². The second-order valence-corrected chi connectivity index (χ2v) is 6.23. The van der Waals surface area contributed by atoms with Gasteiger partial charge in [0.25, 0.3) is 0 Å². The fourth-order valence-electron chi connectivity index (χ4n) is 2.97. The van der Waals surface area contributed by atoms with Gasteiger partial charge in [0, 0.05) is 37.6 Å². The van der Waals surface area contributed by atoms with Crippen molar-refractivity contribution < 1.29 is 27.4 Å². The maximum atomic E-state index is 12.9. The third kappa shape index (κ3) is 5.14. The van der Waals surface area contributed by atoms with Gasteiger partial charge < -0.3 is 18.8 Å². The van der Waals surface area contributed by atoms with Crippen molar-refractivity contribution >= 4 is 0 Å². The van der Waals surface area contributed by atoms with Crippen LogP contribution in [0, 0.1) is 0 Å². The number of nitrogens with zero attached hydrogens (tertiary/aromatic N) is 3. The summed E-state index contributed by atoms with van der Waals surface area (Å²) < 4.78 is 56.9. The molecule has 148 valence electrons. The zero-order chi connectivity index (χ0) is 19.3. The number of benzene rings is 1. The van der Waals surface area contributed by atoms with Gasteiger partial charge >= 0.3 is 6.18 Å². The molecule has 1 atom stereocenters. The monoisotopic (exact) mass is 385 g/mol. The molecule has 6 nitrogen and oxygen atoms in total. The van der Waals surface area contributed by atoms with E-state index in [4.69, 9.17) is 14.2 Å². The third-order valence-corrected chi connectivity index (χ3v) is 4.35. The molecule has 0 saturated carbocycles. The number of imidazole rings is 1. The molecule has 9 heteroatoms. The van der Waals surface area contributed by atoms with Gasteiger partial charge in [0.2, 0.25) is 0 Å². The summed E-state index contributed by atoms with van der Waals surface area (Å²) in [6.07, 6.45) is -0.918. The number of hydrogen-bond acceptors (Lipinski definition) is 5. The molecule has 1 aliphatic rings. The number of halogens is 3. The van der Waals surface area contributed by atoms with Gasteiger partial charge in [0.15, 0.2) is 17.6 Å². The van der Waals surface area contributed by atoms with E-state index in [0.29, 0.717) is 37.7 Å². The van der Waals surface area contributed by atoms with Crippen LogP contribution in [0.15, 0.2) is 36.9 Å². The lowest BCUT2D eigenvalue weighted by atomic mass is 10.1. The number of aromatic nitrogens is 2. The van der Waals surface area contributed by atoms with E-state index in [-0.39, 0.29) is 13.2 Å². The lowest BCUT2D eigenvalue weighted by Crippen LogP contribution is -2.48. The number of methoxy groups -OCH3 is 1. The average molecular weight is 385 g/mol. The fourth-order valence-corrected chi connectivity index (χ4v) is 2.97. The van der Waals surface area contributed by atoms with Crippen molar-refractivity contribution in [1.29, 1.82) is 0 Å². The number of ether oxygens (including phenoxy) is 3.